The molecule has 2 spiro atoms. The van der Waals surface area contributed by atoms with Crippen LogP contribution in [0.5, 0.6) is 6.01 Å². The smallest absolute Gasteiger partial charge is 0.325 e. The minimum Gasteiger partial charge on any atom is -0.412 e. The number of aromatic nitrogens is 2. The number of hydrogen-bond donors (Lipinski definition) is 1. The molecule has 0 amide bonds. The van der Waals surface area contributed by atoms with Crippen molar-refractivity contribution in [2.24, 2.45) is 4.99 Å². The predicted molar refractivity (Wildman–Crippen MR) is 162 cm³/mol. The molecule has 0 saturated carbocycles. The number of nitrogens with zero attached hydrogens (tertiary/aromatic N) is 6. The average molecular weight is 602 g/mol. The monoisotopic (exact) mass is 601 g/mol. The number of hydrogen-bond acceptors (Lipinski definition) is 10. The number of nitrogen functional groups attached to an aromatic ring is 1. The van der Waals surface area contributed by atoms with Gasteiger partial charge in [0.25, 0.3) is 0 Å². The van der Waals surface area contributed by atoms with Crippen molar-refractivity contribution in [2.45, 2.75) is 100 Å². The lowest BCUT2D eigenvalue weighted by atomic mass is 9.69. The van der Waals surface area contributed by atoms with Crippen molar-refractivity contribution < 1.29 is 18.6 Å². The van der Waals surface area contributed by atoms with E-state index in [0.29, 0.717) is 49.8 Å². The summed E-state index contributed by atoms with van der Waals surface area (Å²) in [4.78, 5) is 19.2. The Kier molecular flexibility index (Phi) is 6.63. The van der Waals surface area contributed by atoms with Gasteiger partial charge >= 0.3 is 6.01 Å². The first kappa shape index (κ1) is 28.2. The lowest BCUT2D eigenvalue weighted by molar-refractivity contribution is -0.0875. The van der Waals surface area contributed by atoms with Gasteiger partial charge in [0.15, 0.2) is 6.40 Å². The molecule has 44 heavy (non-hydrogen) atoms. The number of ether oxygens (including phenoxy) is 3. The molecule has 2 aromatic rings. The van der Waals surface area contributed by atoms with Crippen molar-refractivity contribution in [3.05, 3.63) is 40.1 Å². The SMILES string of the molecule is C[C@H]1CC[C@]2(Cc3nc(OC=NC45CCCN4C[C@H](F)C5)nc(N4CC[C@]45CCCOC5)c3CO2)c2c1ccc(N)c2C#N. The molecule has 232 valence electrons. The highest BCUT2D eigenvalue weighted by Gasteiger charge is 2.51. The van der Waals surface area contributed by atoms with E-state index >= 15 is 0 Å². The first-order chi connectivity index (χ1) is 21.4. The summed E-state index contributed by atoms with van der Waals surface area (Å²) in [5.74, 6) is 1.12. The Balaban J connectivity index is 1.18. The van der Waals surface area contributed by atoms with Crippen LogP contribution in [0.4, 0.5) is 15.9 Å². The molecule has 10 nitrogen and oxygen atoms in total. The third-order valence-electron chi connectivity index (χ3n) is 11.3. The largest absolute Gasteiger partial charge is 0.412 e. The normalized spacial score (nSPS) is 34.5. The van der Waals surface area contributed by atoms with Crippen molar-refractivity contribution in [3.8, 4) is 12.1 Å². The molecule has 1 aromatic carbocycles. The number of benzene rings is 1. The van der Waals surface area contributed by atoms with Crippen LogP contribution in [-0.4, -0.2) is 71.5 Å². The van der Waals surface area contributed by atoms with Crippen LogP contribution in [0, 0.1) is 11.3 Å². The summed E-state index contributed by atoms with van der Waals surface area (Å²) in [5, 5.41) is 10.2. The van der Waals surface area contributed by atoms with Gasteiger partial charge in [0, 0.05) is 55.9 Å². The van der Waals surface area contributed by atoms with Gasteiger partial charge < -0.3 is 24.8 Å². The molecular weight excluding hydrogens is 561 g/mol. The molecule has 4 saturated heterocycles. The van der Waals surface area contributed by atoms with Gasteiger partial charge in [-0.1, -0.05) is 13.0 Å². The summed E-state index contributed by atoms with van der Waals surface area (Å²) >= 11 is 0. The number of fused-ring (bicyclic) bond motifs is 4. The maximum Gasteiger partial charge on any atom is 0.325 e. The van der Waals surface area contributed by atoms with E-state index in [1.165, 1.54) is 6.40 Å². The molecule has 6 heterocycles. The van der Waals surface area contributed by atoms with E-state index in [9.17, 15) is 9.65 Å². The molecular formula is C33H40FN7O3. The van der Waals surface area contributed by atoms with Crippen molar-refractivity contribution in [2.75, 3.05) is 43.5 Å². The second-order valence-corrected chi connectivity index (χ2v) is 13.7. The van der Waals surface area contributed by atoms with Crippen molar-refractivity contribution in [1.82, 2.24) is 14.9 Å². The van der Waals surface area contributed by atoms with Gasteiger partial charge in [-0.3, -0.25) is 4.90 Å². The van der Waals surface area contributed by atoms with Gasteiger partial charge in [-0.2, -0.15) is 15.2 Å². The van der Waals surface area contributed by atoms with Gasteiger partial charge in [-0.25, -0.2) is 9.38 Å². The summed E-state index contributed by atoms with van der Waals surface area (Å²) in [6.45, 7) is 6.14. The molecule has 1 aromatic heterocycles. The highest BCUT2D eigenvalue weighted by atomic mass is 19.1. The Hall–Kier alpha value is -3.33. The number of halogens is 1. The van der Waals surface area contributed by atoms with Crippen molar-refractivity contribution >= 4 is 17.9 Å². The van der Waals surface area contributed by atoms with E-state index in [4.69, 9.17) is 34.9 Å². The predicted octanol–water partition coefficient (Wildman–Crippen LogP) is 4.50. The van der Waals surface area contributed by atoms with Crippen LogP contribution in [0.1, 0.15) is 92.2 Å². The molecule has 1 unspecified atom stereocenters. The Labute approximate surface area is 257 Å². The highest BCUT2D eigenvalue weighted by molar-refractivity contribution is 5.64. The van der Waals surface area contributed by atoms with Crippen LogP contribution < -0.4 is 15.4 Å². The first-order valence-corrected chi connectivity index (χ1v) is 16.2. The first-order valence-electron chi connectivity index (χ1n) is 16.2. The molecule has 6 aliphatic rings. The fourth-order valence-electron chi connectivity index (χ4n) is 8.86. The number of anilines is 2. The fourth-order valence-corrected chi connectivity index (χ4v) is 8.86. The second kappa shape index (κ2) is 10.4. The maximum absolute atomic E-state index is 14.3. The number of aliphatic imine (C=N–C) groups is 1. The summed E-state index contributed by atoms with van der Waals surface area (Å²) in [6, 6.07) is 6.50. The van der Waals surface area contributed by atoms with E-state index in [1.807, 2.05) is 6.07 Å². The Morgan fingerprint density at radius 3 is 2.91 bits per heavy atom. The quantitative estimate of drug-likeness (QED) is 0.307. The highest BCUT2D eigenvalue weighted by Crippen LogP contribution is 2.52. The Bertz CT molecular complexity index is 1550. The van der Waals surface area contributed by atoms with Crippen LogP contribution in [0.25, 0.3) is 0 Å². The topological polar surface area (TPSA) is 122 Å². The number of alkyl halides is 1. The lowest BCUT2D eigenvalue weighted by Gasteiger charge is -2.56. The molecule has 4 fully saturated rings. The number of nitriles is 1. The van der Waals surface area contributed by atoms with Crippen LogP contribution in [0.3, 0.4) is 0 Å². The van der Waals surface area contributed by atoms with Crippen molar-refractivity contribution in [1.29, 1.82) is 5.26 Å². The number of nitrogens with two attached hydrogens (primary N) is 1. The zero-order chi connectivity index (χ0) is 30.1. The molecule has 11 heteroatoms. The fraction of sp³-hybridized carbons (Fsp3) is 0.636. The van der Waals surface area contributed by atoms with E-state index in [1.54, 1.807) is 0 Å². The molecule has 0 bridgehead atoms. The third kappa shape index (κ3) is 4.25. The summed E-state index contributed by atoms with van der Waals surface area (Å²) < 4.78 is 33.2. The van der Waals surface area contributed by atoms with Gasteiger partial charge in [0.2, 0.25) is 0 Å². The van der Waals surface area contributed by atoms with E-state index in [-0.39, 0.29) is 11.5 Å². The zero-order valence-corrected chi connectivity index (χ0v) is 25.4. The minimum absolute atomic E-state index is 0.0839. The molecule has 5 atom stereocenters. The van der Waals surface area contributed by atoms with Crippen LogP contribution in [0.2, 0.25) is 0 Å². The molecule has 1 aliphatic carbocycles. The van der Waals surface area contributed by atoms with E-state index in [0.717, 1.165) is 92.8 Å². The molecule has 5 aliphatic heterocycles. The lowest BCUT2D eigenvalue weighted by Crippen LogP contribution is -2.65. The Morgan fingerprint density at radius 1 is 1.20 bits per heavy atom. The Morgan fingerprint density at radius 2 is 2.11 bits per heavy atom. The summed E-state index contributed by atoms with van der Waals surface area (Å²) in [6.07, 6.45) is 8.07. The summed E-state index contributed by atoms with van der Waals surface area (Å²) in [7, 11) is 0. The number of rotatable bonds is 4. The van der Waals surface area contributed by atoms with E-state index in [2.05, 4.69) is 28.9 Å². The van der Waals surface area contributed by atoms with Crippen LogP contribution in [-0.2, 0) is 28.1 Å². The minimum atomic E-state index is -0.871. The van der Waals surface area contributed by atoms with Gasteiger partial charge in [0.1, 0.15) is 29.3 Å². The van der Waals surface area contributed by atoms with Gasteiger partial charge in [-0.05, 0) is 62.5 Å². The van der Waals surface area contributed by atoms with Crippen LogP contribution >= 0.6 is 0 Å². The maximum atomic E-state index is 14.3. The molecule has 2 N–H and O–H groups in total. The van der Waals surface area contributed by atoms with Gasteiger partial charge in [0.05, 0.1) is 30.0 Å². The second-order valence-electron chi connectivity index (χ2n) is 13.7. The summed E-state index contributed by atoms with van der Waals surface area (Å²) in [5.41, 5.74) is 9.83. The molecule has 0 radical (unpaired) electrons. The average Bonchev–Trinajstić information content (AvgIpc) is 3.54. The van der Waals surface area contributed by atoms with Crippen LogP contribution in [0.15, 0.2) is 17.1 Å². The van der Waals surface area contributed by atoms with Crippen molar-refractivity contribution in [3.63, 3.8) is 0 Å². The standard InChI is InChI=1S/C33H40FN7O3/c1-21-6-9-32(28-23(21)4-5-26(36)24(28)16-35)15-27-25(18-44-32)29(41-12-10-31(41)7-3-13-42-19-31)39-30(38-27)43-20-37-33-8-2-11-40(33)17-22(34)14-33/h4-5,20-22H,2-3,6-15,17-19,36H2,1H3/t21-,22+,31-,32-,33?/m0/s1. The van der Waals surface area contributed by atoms with E-state index < -0.39 is 17.4 Å². The van der Waals surface area contributed by atoms with Gasteiger partial charge in [-0.15, -0.1) is 0 Å². The molecule has 8 rings (SSSR count). The third-order valence-corrected chi connectivity index (χ3v) is 11.3. The zero-order valence-electron chi connectivity index (χ0n) is 25.4.